The van der Waals surface area contributed by atoms with Gasteiger partial charge in [-0.15, -0.1) is 0 Å². The number of phenolic OH excluding ortho intramolecular Hbond substituents is 1. The molecule has 5 heteroatoms. The molecule has 0 aliphatic carbocycles. The average Bonchev–Trinajstić information content (AvgIpc) is 3.10. The maximum absolute atomic E-state index is 10.1. The summed E-state index contributed by atoms with van der Waals surface area (Å²) in [6, 6.07) is 6.23. The molecule has 0 spiro atoms. The highest BCUT2D eigenvalue weighted by Gasteiger charge is 2.33. The largest absolute Gasteiger partial charge is 0.504 e. The van der Waals surface area contributed by atoms with Crippen LogP contribution in [0.3, 0.4) is 0 Å². The van der Waals surface area contributed by atoms with E-state index < -0.39 is 0 Å². The molecule has 2 aromatic rings. The molecule has 2 atom stereocenters. The molecule has 0 radical (unpaired) electrons. The van der Waals surface area contributed by atoms with Crippen molar-refractivity contribution in [2.45, 2.75) is 44.7 Å². The van der Waals surface area contributed by atoms with E-state index in [9.17, 15) is 5.11 Å². The molecule has 1 aromatic carbocycles. The molecule has 1 N–H and O–H groups in total. The highest BCUT2D eigenvalue weighted by molar-refractivity contribution is 5.61. The van der Waals surface area contributed by atoms with Crippen molar-refractivity contribution < 1.29 is 9.84 Å². The quantitative estimate of drug-likeness (QED) is 0.924. The fraction of sp³-hybridized carbons (Fsp3) is 0.550. The van der Waals surface area contributed by atoms with Crippen molar-refractivity contribution in [2.75, 3.05) is 20.2 Å². The molecular weight excluding hydrogens is 314 g/mol. The first kappa shape index (κ1) is 16.5. The molecule has 134 valence electrons. The van der Waals surface area contributed by atoms with Crippen LogP contribution in [-0.4, -0.2) is 45.8 Å². The third-order valence-corrected chi connectivity index (χ3v) is 5.81. The molecule has 2 saturated heterocycles. The van der Waals surface area contributed by atoms with E-state index in [0.717, 1.165) is 24.0 Å². The van der Waals surface area contributed by atoms with Crippen LogP contribution in [-0.2, 0) is 6.54 Å². The number of hydrogen-bond donors (Lipinski definition) is 1. The number of fused-ring (bicyclic) bond motifs is 1. The number of piperidine rings is 2. The van der Waals surface area contributed by atoms with Crippen LogP contribution in [0.5, 0.6) is 11.5 Å². The third kappa shape index (κ3) is 3.25. The number of imidazole rings is 1. The smallest absolute Gasteiger partial charge is 0.160 e. The van der Waals surface area contributed by atoms with Gasteiger partial charge in [-0.1, -0.05) is 6.42 Å². The third-order valence-electron chi connectivity index (χ3n) is 5.81. The van der Waals surface area contributed by atoms with Crippen molar-refractivity contribution in [2.24, 2.45) is 5.92 Å². The fourth-order valence-corrected chi connectivity index (χ4v) is 4.59. The summed E-state index contributed by atoms with van der Waals surface area (Å²) in [6.07, 6.45) is 10.6. The minimum absolute atomic E-state index is 0.158. The second-order valence-corrected chi connectivity index (χ2v) is 7.29. The van der Waals surface area contributed by atoms with Crippen LogP contribution in [0.1, 0.15) is 32.1 Å². The molecule has 0 unspecified atom stereocenters. The molecule has 0 saturated carbocycles. The van der Waals surface area contributed by atoms with Crippen molar-refractivity contribution in [1.29, 1.82) is 0 Å². The predicted molar refractivity (Wildman–Crippen MR) is 97.8 cm³/mol. The van der Waals surface area contributed by atoms with Gasteiger partial charge in [-0.25, -0.2) is 4.98 Å². The lowest BCUT2D eigenvalue weighted by Crippen LogP contribution is -2.49. The Labute approximate surface area is 149 Å². The number of hydrogen-bond acceptors (Lipinski definition) is 4. The van der Waals surface area contributed by atoms with E-state index in [1.54, 1.807) is 19.2 Å². The Kier molecular flexibility index (Phi) is 4.66. The van der Waals surface area contributed by atoms with Crippen LogP contribution in [0.2, 0.25) is 0 Å². The number of methoxy groups -OCH3 is 1. The highest BCUT2D eigenvalue weighted by atomic mass is 16.5. The average molecular weight is 341 g/mol. The Balaban J connectivity index is 1.56. The lowest BCUT2D eigenvalue weighted by Gasteiger charge is -2.44. The molecule has 2 aliphatic rings. The molecule has 25 heavy (non-hydrogen) atoms. The summed E-state index contributed by atoms with van der Waals surface area (Å²) in [7, 11) is 1.56. The summed E-state index contributed by atoms with van der Waals surface area (Å²) in [6.45, 7) is 3.54. The van der Waals surface area contributed by atoms with Gasteiger partial charge in [0.1, 0.15) is 5.82 Å². The molecule has 0 amide bonds. The SMILES string of the molecule is COc1ccc(-c2nccn2C[C@@H]2CCCN3CCCC[C@H]23)cc1O. The molecular formula is C20H27N3O2. The number of aromatic nitrogens is 2. The van der Waals surface area contributed by atoms with E-state index >= 15 is 0 Å². The van der Waals surface area contributed by atoms with E-state index in [1.165, 1.54) is 45.2 Å². The first-order chi connectivity index (χ1) is 12.3. The second kappa shape index (κ2) is 7.08. The van der Waals surface area contributed by atoms with Crippen LogP contribution in [0.15, 0.2) is 30.6 Å². The maximum atomic E-state index is 10.1. The predicted octanol–water partition coefficient (Wildman–Crippen LogP) is 3.53. The molecule has 1 aromatic heterocycles. The van der Waals surface area contributed by atoms with Gasteiger partial charge in [0.25, 0.3) is 0 Å². The Hall–Kier alpha value is -2.01. The molecule has 5 nitrogen and oxygen atoms in total. The van der Waals surface area contributed by atoms with Gasteiger partial charge in [-0.3, -0.25) is 0 Å². The number of phenols is 1. The van der Waals surface area contributed by atoms with Crippen LogP contribution >= 0.6 is 0 Å². The van der Waals surface area contributed by atoms with Crippen molar-refractivity contribution >= 4 is 0 Å². The van der Waals surface area contributed by atoms with E-state index in [2.05, 4.69) is 20.6 Å². The summed E-state index contributed by atoms with van der Waals surface area (Å²) in [4.78, 5) is 7.25. The van der Waals surface area contributed by atoms with Crippen molar-refractivity contribution in [3.05, 3.63) is 30.6 Å². The van der Waals surface area contributed by atoms with Crippen LogP contribution in [0.25, 0.3) is 11.4 Å². The first-order valence-electron chi connectivity index (χ1n) is 9.39. The van der Waals surface area contributed by atoms with Gasteiger partial charge in [0, 0.05) is 30.5 Å². The van der Waals surface area contributed by atoms with Gasteiger partial charge in [0.05, 0.1) is 7.11 Å². The Morgan fingerprint density at radius 3 is 2.92 bits per heavy atom. The number of rotatable bonds is 4. The van der Waals surface area contributed by atoms with E-state index in [0.29, 0.717) is 11.7 Å². The zero-order valence-corrected chi connectivity index (χ0v) is 14.9. The Bertz CT molecular complexity index is 725. The number of ether oxygens (including phenoxy) is 1. The molecule has 2 fully saturated rings. The van der Waals surface area contributed by atoms with Gasteiger partial charge in [0.15, 0.2) is 11.5 Å². The summed E-state index contributed by atoms with van der Waals surface area (Å²) in [5, 5.41) is 10.1. The number of aromatic hydroxyl groups is 1. The Morgan fingerprint density at radius 2 is 2.08 bits per heavy atom. The van der Waals surface area contributed by atoms with E-state index in [4.69, 9.17) is 4.74 Å². The summed E-state index contributed by atoms with van der Waals surface area (Å²) in [5.41, 5.74) is 0.930. The van der Waals surface area contributed by atoms with Gasteiger partial charge in [-0.2, -0.15) is 0 Å². The van der Waals surface area contributed by atoms with Gasteiger partial charge in [-0.05, 0) is 62.9 Å². The van der Waals surface area contributed by atoms with Gasteiger partial charge >= 0.3 is 0 Å². The van der Waals surface area contributed by atoms with Crippen LogP contribution < -0.4 is 4.74 Å². The summed E-state index contributed by atoms with van der Waals surface area (Å²) >= 11 is 0. The summed E-state index contributed by atoms with van der Waals surface area (Å²) in [5.74, 6) is 2.26. The highest BCUT2D eigenvalue weighted by Crippen LogP contribution is 2.34. The van der Waals surface area contributed by atoms with Crippen molar-refractivity contribution in [1.82, 2.24) is 14.5 Å². The van der Waals surface area contributed by atoms with Crippen LogP contribution in [0, 0.1) is 5.92 Å². The maximum Gasteiger partial charge on any atom is 0.160 e. The normalized spacial score (nSPS) is 24.0. The van der Waals surface area contributed by atoms with E-state index in [1.807, 2.05) is 12.3 Å². The van der Waals surface area contributed by atoms with Crippen molar-refractivity contribution in [3.63, 3.8) is 0 Å². The van der Waals surface area contributed by atoms with Gasteiger partial charge < -0.3 is 19.3 Å². The molecule has 4 rings (SSSR count). The minimum Gasteiger partial charge on any atom is -0.504 e. The summed E-state index contributed by atoms with van der Waals surface area (Å²) < 4.78 is 7.40. The molecule has 0 bridgehead atoms. The Morgan fingerprint density at radius 1 is 1.20 bits per heavy atom. The number of benzene rings is 1. The molecule has 3 heterocycles. The zero-order valence-electron chi connectivity index (χ0n) is 14.9. The first-order valence-corrected chi connectivity index (χ1v) is 9.39. The van der Waals surface area contributed by atoms with E-state index in [-0.39, 0.29) is 5.75 Å². The standard InChI is InChI=1S/C20H27N3O2/c1-25-19-8-7-15(13-18(19)24)20-21-9-12-23(20)14-16-5-4-11-22-10-3-2-6-17(16)22/h7-9,12-13,16-17,24H,2-6,10-11,14H2,1H3/t16-,17+/m0/s1. The van der Waals surface area contributed by atoms with Crippen molar-refractivity contribution in [3.8, 4) is 22.9 Å². The zero-order chi connectivity index (χ0) is 17.2. The second-order valence-electron chi connectivity index (χ2n) is 7.29. The van der Waals surface area contributed by atoms with Gasteiger partial charge in [0.2, 0.25) is 0 Å². The van der Waals surface area contributed by atoms with Crippen LogP contribution in [0.4, 0.5) is 0 Å². The fourth-order valence-electron chi connectivity index (χ4n) is 4.59. The molecule has 2 aliphatic heterocycles. The lowest BCUT2D eigenvalue weighted by molar-refractivity contribution is 0.0521. The lowest BCUT2D eigenvalue weighted by atomic mass is 9.83. The number of nitrogens with zero attached hydrogens (tertiary/aromatic N) is 3. The minimum atomic E-state index is 0.158. The monoisotopic (exact) mass is 341 g/mol. The topological polar surface area (TPSA) is 50.5 Å².